The Morgan fingerprint density at radius 2 is 1.95 bits per heavy atom. The largest absolute Gasteiger partial charge is 0.462 e. The number of allylic oxidation sites excluding steroid dienone is 2. The molecule has 0 radical (unpaired) electrons. The van der Waals surface area contributed by atoms with Gasteiger partial charge in [0.2, 0.25) is 0 Å². The molecule has 0 aromatic rings. The average Bonchev–Trinajstić information content (AvgIpc) is 2.24. The monoisotopic (exact) mass is 300 g/mol. The Bertz CT molecular complexity index is 330. The van der Waals surface area contributed by atoms with Crippen molar-refractivity contribution in [3.63, 3.8) is 0 Å². The zero-order chi connectivity index (χ0) is 14.9. The highest BCUT2D eigenvalue weighted by molar-refractivity contribution is 8.02. The summed E-state index contributed by atoms with van der Waals surface area (Å²) in [6.45, 7) is 13.2. The molecule has 0 atom stereocenters. The first kappa shape index (κ1) is 18.5. The van der Waals surface area contributed by atoms with Crippen molar-refractivity contribution >= 4 is 25.8 Å². The van der Waals surface area contributed by atoms with Crippen LogP contribution in [0.5, 0.6) is 0 Å². The van der Waals surface area contributed by atoms with Gasteiger partial charge in [-0.15, -0.1) is 18.3 Å². The maximum Gasteiger partial charge on any atom is 0.302 e. The quantitative estimate of drug-likeness (QED) is 0.345. The van der Waals surface area contributed by atoms with E-state index in [4.69, 9.17) is 4.74 Å². The molecule has 0 aliphatic heterocycles. The van der Waals surface area contributed by atoms with Crippen LogP contribution in [-0.4, -0.2) is 26.9 Å². The van der Waals surface area contributed by atoms with E-state index in [0.29, 0.717) is 6.61 Å². The molecule has 0 saturated carbocycles. The van der Waals surface area contributed by atoms with Crippen LogP contribution in [0.2, 0.25) is 25.7 Å². The topological polar surface area (TPSA) is 26.3 Å². The molecule has 0 spiro atoms. The molecule has 2 nitrogen and oxygen atoms in total. The lowest BCUT2D eigenvalue weighted by atomic mass is 10.1. The van der Waals surface area contributed by atoms with Gasteiger partial charge in [-0.05, 0) is 42.5 Å². The maximum absolute atomic E-state index is 10.7. The lowest BCUT2D eigenvalue weighted by Crippen LogP contribution is -2.19. The van der Waals surface area contributed by atoms with Gasteiger partial charge in [0.1, 0.15) is 6.61 Å². The van der Waals surface area contributed by atoms with E-state index in [1.54, 1.807) is 11.8 Å². The highest BCUT2D eigenvalue weighted by Crippen LogP contribution is 2.23. The minimum Gasteiger partial charge on any atom is -0.462 e. The molecule has 19 heavy (non-hydrogen) atoms. The maximum atomic E-state index is 10.7. The Balaban J connectivity index is 3.95. The number of hydrogen-bond acceptors (Lipinski definition) is 3. The fraction of sp³-hybridized carbons (Fsp3) is 0.667. The third-order valence-corrected chi connectivity index (χ3v) is 5.05. The Morgan fingerprint density at radius 3 is 2.42 bits per heavy atom. The van der Waals surface area contributed by atoms with Gasteiger partial charge in [-0.1, -0.05) is 25.2 Å². The Labute approximate surface area is 123 Å². The standard InChI is InChI=1S/C15H28O2SSi/c1-13(12-19(4,5)6)8-7-9-15(18-3)10-11-17-14(2)16/h10H,1,7-9,11-12H2,2-6H3/b15-10-. The molecular formula is C15H28O2SSi. The molecule has 0 aromatic carbocycles. The van der Waals surface area contributed by atoms with Crippen LogP contribution in [-0.2, 0) is 9.53 Å². The van der Waals surface area contributed by atoms with E-state index < -0.39 is 8.07 Å². The SMILES string of the molecule is C=C(CCC/C(=C/COC(C)=O)SC)C[Si](C)(C)C. The van der Waals surface area contributed by atoms with Crippen molar-refractivity contribution in [1.29, 1.82) is 0 Å². The molecule has 0 aliphatic carbocycles. The summed E-state index contributed by atoms with van der Waals surface area (Å²) in [6.07, 6.45) is 7.36. The van der Waals surface area contributed by atoms with Crippen LogP contribution in [0.4, 0.5) is 0 Å². The van der Waals surface area contributed by atoms with E-state index in [0.717, 1.165) is 19.3 Å². The molecule has 0 rings (SSSR count). The van der Waals surface area contributed by atoms with Crippen molar-refractivity contribution in [3.8, 4) is 0 Å². The number of carbonyl (C=O) groups is 1. The molecule has 0 saturated heterocycles. The molecule has 4 heteroatoms. The van der Waals surface area contributed by atoms with E-state index in [9.17, 15) is 4.79 Å². The Morgan fingerprint density at radius 1 is 1.32 bits per heavy atom. The second-order valence-electron chi connectivity index (χ2n) is 6.02. The molecular weight excluding hydrogens is 272 g/mol. The first-order valence-corrected chi connectivity index (χ1v) is 11.7. The number of hydrogen-bond donors (Lipinski definition) is 0. The predicted octanol–water partition coefficient (Wildman–Crippen LogP) is 4.86. The summed E-state index contributed by atoms with van der Waals surface area (Å²) in [6, 6.07) is 1.22. The molecule has 0 aliphatic rings. The zero-order valence-electron chi connectivity index (χ0n) is 13.0. The Hall–Kier alpha value is -0.483. The van der Waals surface area contributed by atoms with Crippen molar-refractivity contribution in [3.05, 3.63) is 23.1 Å². The Kier molecular flexibility index (Phi) is 9.19. The van der Waals surface area contributed by atoms with Crippen molar-refractivity contribution in [2.45, 2.75) is 51.9 Å². The lowest BCUT2D eigenvalue weighted by Gasteiger charge is -2.17. The molecule has 0 unspecified atom stereocenters. The van der Waals surface area contributed by atoms with E-state index in [2.05, 4.69) is 32.5 Å². The van der Waals surface area contributed by atoms with Crippen LogP contribution < -0.4 is 0 Å². The first-order valence-electron chi connectivity index (χ1n) is 6.77. The second-order valence-corrected chi connectivity index (χ2v) is 12.4. The summed E-state index contributed by atoms with van der Waals surface area (Å²) in [4.78, 5) is 12.0. The highest BCUT2D eigenvalue weighted by atomic mass is 32.2. The van der Waals surface area contributed by atoms with Crippen LogP contribution in [0.3, 0.4) is 0 Å². The summed E-state index contributed by atoms with van der Waals surface area (Å²) < 4.78 is 4.93. The summed E-state index contributed by atoms with van der Waals surface area (Å²) in [5.74, 6) is -0.222. The molecule has 0 heterocycles. The average molecular weight is 301 g/mol. The van der Waals surface area contributed by atoms with Gasteiger partial charge in [0.15, 0.2) is 0 Å². The lowest BCUT2D eigenvalue weighted by molar-refractivity contribution is -0.139. The van der Waals surface area contributed by atoms with Crippen LogP contribution in [0, 0.1) is 0 Å². The molecule has 0 N–H and O–H groups in total. The number of esters is 1. The fourth-order valence-corrected chi connectivity index (χ4v) is 4.15. The zero-order valence-corrected chi connectivity index (χ0v) is 14.9. The van der Waals surface area contributed by atoms with Gasteiger partial charge in [0.05, 0.1) is 0 Å². The van der Waals surface area contributed by atoms with Crippen LogP contribution >= 0.6 is 11.8 Å². The molecule has 0 fully saturated rings. The van der Waals surface area contributed by atoms with E-state index in [-0.39, 0.29) is 5.97 Å². The van der Waals surface area contributed by atoms with Crippen LogP contribution in [0.1, 0.15) is 26.2 Å². The first-order chi connectivity index (χ1) is 8.74. The highest BCUT2D eigenvalue weighted by Gasteiger charge is 2.14. The number of ether oxygens (including phenoxy) is 1. The van der Waals surface area contributed by atoms with Gasteiger partial charge in [-0.25, -0.2) is 0 Å². The van der Waals surface area contributed by atoms with Crippen molar-refractivity contribution in [2.24, 2.45) is 0 Å². The molecule has 110 valence electrons. The van der Waals surface area contributed by atoms with E-state index in [1.165, 1.54) is 23.4 Å². The van der Waals surface area contributed by atoms with Gasteiger partial charge in [0, 0.05) is 15.0 Å². The predicted molar refractivity (Wildman–Crippen MR) is 89.4 cm³/mol. The number of rotatable bonds is 9. The van der Waals surface area contributed by atoms with Gasteiger partial charge in [-0.3, -0.25) is 4.79 Å². The van der Waals surface area contributed by atoms with E-state index >= 15 is 0 Å². The third kappa shape index (κ3) is 12.3. The summed E-state index contributed by atoms with van der Waals surface area (Å²) in [5.41, 5.74) is 1.39. The minimum atomic E-state index is -1.02. The molecule has 0 bridgehead atoms. The summed E-state index contributed by atoms with van der Waals surface area (Å²) in [7, 11) is -1.02. The summed E-state index contributed by atoms with van der Waals surface area (Å²) in [5, 5.41) is 0. The van der Waals surface area contributed by atoms with Crippen molar-refractivity contribution in [1.82, 2.24) is 0 Å². The summed E-state index contributed by atoms with van der Waals surface area (Å²) >= 11 is 1.74. The van der Waals surface area contributed by atoms with E-state index in [1.807, 2.05) is 6.08 Å². The third-order valence-electron chi connectivity index (χ3n) is 2.59. The van der Waals surface area contributed by atoms with Gasteiger partial charge >= 0.3 is 5.97 Å². The molecule has 0 amide bonds. The fourth-order valence-electron chi connectivity index (χ4n) is 1.89. The van der Waals surface area contributed by atoms with Gasteiger partial charge in [-0.2, -0.15) is 0 Å². The van der Waals surface area contributed by atoms with Gasteiger partial charge in [0.25, 0.3) is 0 Å². The van der Waals surface area contributed by atoms with Crippen LogP contribution in [0.15, 0.2) is 23.1 Å². The minimum absolute atomic E-state index is 0.222. The smallest absolute Gasteiger partial charge is 0.302 e. The van der Waals surface area contributed by atoms with Gasteiger partial charge < -0.3 is 4.74 Å². The van der Waals surface area contributed by atoms with Crippen molar-refractivity contribution < 1.29 is 9.53 Å². The number of carbonyl (C=O) groups excluding carboxylic acids is 1. The number of thioether (sulfide) groups is 1. The van der Waals surface area contributed by atoms with Crippen molar-refractivity contribution in [2.75, 3.05) is 12.9 Å². The normalized spacial score (nSPS) is 12.4. The molecule has 0 aromatic heterocycles. The second kappa shape index (κ2) is 9.43. The van der Waals surface area contributed by atoms with Crippen LogP contribution in [0.25, 0.3) is 0 Å².